The molecule has 0 saturated heterocycles. The van der Waals surface area contributed by atoms with Gasteiger partial charge in [0.2, 0.25) is 0 Å². The summed E-state index contributed by atoms with van der Waals surface area (Å²) < 4.78 is 1.75. The number of nitrogens with one attached hydrogen (secondary N) is 1. The molecule has 5 heteroatoms. The van der Waals surface area contributed by atoms with Gasteiger partial charge in [-0.25, -0.2) is 0 Å². The number of anilines is 1. The van der Waals surface area contributed by atoms with Crippen molar-refractivity contribution in [3.63, 3.8) is 0 Å². The van der Waals surface area contributed by atoms with E-state index in [9.17, 15) is 10.2 Å². The Labute approximate surface area is 195 Å². The van der Waals surface area contributed by atoms with Crippen LogP contribution in [0, 0.1) is 13.8 Å². The van der Waals surface area contributed by atoms with Gasteiger partial charge in [-0.15, -0.1) is 0 Å². The molecule has 32 heavy (non-hydrogen) atoms. The second-order valence-corrected chi connectivity index (χ2v) is 9.54. The van der Waals surface area contributed by atoms with Gasteiger partial charge in [-0.05, 0) is 54.2 Å². The van der Waals surface area contributed by atoms with Gasteiger partial charge in [0.1, 0.15) is 0 Å². The summed E-state index contributed by atoms with van der Waals surface area (Å²) in [6, 6.07) is 17.6. The van der Waals surface area contributed by atoms with Crippen LogP contribution < -0.4 is 9.88 Å². The van der Waals surface area contributed by atoms with Crippen LogP contribution in [-0.4, -0.2) is 15.2 Å². The highest BCUT2D eigenvalue weighted by Crippen LogP contribution is 2.25. The van der Waals surface area contributed by atoms with Gasteiger partial charge in [0.15, 0.2) is 23.1 Å². The van der Waals surface area contributed by atoms with Gasteiger partial charge in [0, 0.05) is 22.9 Å². The number of pyridine rings is 1. The number of benzene rings is 2. The summed E-state index contributed by atoms with van der Waals surface area (Å²) in [5.41, 5.74) is 6.13. The molecule has 2 aromatic carbocycles. The Balaban J connectivity index is 2.10. The molecule has 3 aromatic rings. The summed E-state index contributed by atoms with van der Waals surface area (Å²) in [6.07, 6.45) is 3.58. The summed E-state index contributed by atoms with van der Waals surface area (Å²) in [5, 5.41) is 24.2. The van der Waals surface area contributed by atoms with Crippen LogP contribution in [0.1, 0.15) is 48.6 Å². The molecule has 1 aromatic heterocycles. The third kappa shape index (κ3) is 5.61. The largest absolute Gasteiger partial charge is 0.502 e. The van der Waals surface area contributed by atoms with Gasteiger partial charge in [0.25, 0.3) is 5.70 Å². The molecule has 0 aliphatic heterocycles. The second kappa shape index (κ2) is 9.63. The maximum atomic E-state index is 11.3. The minimum Gasteiger partial charge on any atom is -0.502 e. The summed E-state index contributed by atoms with van der Waals surface area (Å²) in [6.45, 7) is 10.4. The number of hydrogen-bond donors (Lipinski definition) is 3. The molecule has 0 unspecified atom stereocenters. The molecule has 0 radical (unpaired) electrons. The summed E-state index contributed by atoms with van der Waals surface area (Å²) >= 11 is 5.75. The normalized spacial score (nSPS) is 12.3. The van der Waals surface area contributed by atoms with E-state index in [4.69, 9.17) is 12.2 Å². The third-order valence-corrected chi connectivity index (χ3v) is 5.54. The maximum Gasteiger partial charge on any atom is 0.288 e. The predicted octanol–water partition coefficient (Wildman–Crippen LogP) is 5.70. The van der Waals surface area contributed by atoms with Crippen LogP contribution in [-0.2, 0) is 12.0 Å². The average Bonchev–Trinajstić information content (AvgIpc) is 2.72. The molecule has 0 fully saturated rings. The molecule has 3 N–H and O–H groups in total. The molecule has 166 valence electrons. The van der Waals surface area contributed by atoms with Crippen molar-refractivity contribution in [1.29, 1.82) is 0 Å². The van der Waals surface area contributed by atoms with E-state index < -0.39 is 0 Å². The lowest BCUT2D eigenvalue weighted by Gasteiger charge is -2.19. The average molecular weight is 448 g/mol. The Morgan fingerprint density at radius 2 is 1.62 bits per heavy atom. The van der Waals surface area contributed by atoms with Gasteiger partial charge < -0.3 is 15.5 Å². The lowest BCUT2D eigenvalue weighted by Crippen LogP contribution is -2.39. The van der Waals surface area contributed by atoms with Crippen molar-refractivity contribution in [2.45, 2.75) is 46.6 Å². The van der Waals surface area contributed by atoms with E-state index in [1.54, 1.807) is 10.8 Å². The summed E-state index contributed by atoms with van der Waals surface area (Å²) in [5.74, 6) is 0.0624. The molecule has 0 saturated carbocycles. The Hall–Kier alpha value is -3.02. The van der Waals surface area contributed by atoms with E-state index in [1.807, 2.05) is 68.6 Å². The minimum atomic E-state index is -0.105. The zero-order valence-corrected chi connectivity index (χ0v) is 20.1. The number of rotatable bonds is 5. The summed E-state index contributed by atoms with van der Waals surface area (Å²) in [7, 11) is 0. The number of hydrogen-bond acceptors (Lipinski definition) is 3. The number of aryl methyl sites for hydroxylation is 2. The smallest absolute Gasteiger partial charge is 0.288 e. The Bertz CT molecular complexity index is 1140. The van der Waals surface area contributed by atoms with Gasteiger partial charge in [-0.1, -0.05) is 63.3 Å². The first-order valence-electron chi connectivity index (χ1n) is 10.6. The van der Waals surface area contributed by atoms with Gasteiger partial charge in [-0.3, -0.25) is 0 Å². The van der Waals surface area contributed by atoms with Crippen LogP contribution in [0.2, 0.25) is 0 Å². The van der Waals surface area contributed by atoms with Crippen molar-refractivity contribution in [2.24, 2.45) is 0 Å². The van der Waals surface area contributed by atoms with E-state index in [0.29, 0.717) is 16.2 Å². The van der Waals surface area contributed by atoms with Crippen molar-refractivity contribution in [3.05, 3.63) is 94.8 Å². The lowest BCUT2D eigenvalue weighted by molar-refractivity contribution is -0.576. The van der Waals surface area contributed by atoms with Crippen molar-refractivity contribution in [3.8, 4) is 0 Å². The van der Waals surface area contributed by atoms with Gasteiger partial charge >= 0.3 is 0 Å². The number of nitrogens with zero attached hydrogens (tertiary/aromatic N) is 1. The first-order valence-corrected chi connectivity index (χ1v) is 11.0. The molecular formula is C27H31N2O2S+. The van der Waals surface area contributed by atoms with Crippen LogP contribution in [0.5, 0.6) is 0 Å². The molecule has 0 atom stereocenters. The van der Waals surface area contributed by atoms with E-state index in [1.165, 1.54) is 5.56 Å². The topological polar surface area (TPSA) is 56.4 Å². The molecule has 0 aliphatic carbocycles. The van der Waals surface area contributed by atoms with Gasteiger partial charge in [0.05, 0.1) is 6.61 Å². The second-order valence-electron chi connectivity index (χ2n) is 9.13. The van der Waals surface area contributed by atoms with Crippen molar-refractivity contribution in [1.82, 2.24) is 0 Å². The van der Waals surface area contributed by atoms with E-state index >= 15 is 0 Å². The molecule has 4 nitrogen and oxygen atoms in total. The highest BCUT2D eigenvalue weighted by molar-refractivity contribution is 7.81. The van der Waals surface area contributed by atoms with E-state index in [-0.39, 0.29) is 17.8 Å². The highest BCUT2D eigenvalue weighted by atomic mass is 32.1. The molecule has 3 rings (SSSR count). The first-order chi connectivity index (χ1) is 15.1. The quantitative estimate of drug-likeness (QED) is 0.203. The van der Waals surface area contributed by atoms with E-state index in [0.717, 1.165) is 22.4 Å². The highest BCUT2D eigenvalue weighted by Gasteiger charge is 2.25. The predicted molar refractivity (Wildman–Crippen MR) is 136 cm³/mol. The van der Waals surface area contributed by atoms with Crippen molar-refractivity contribution < 1.29 is 14.8 Å². The number of aromatic nitrogens is 1. The maximum absolute atomic E-state index is 11.3. The zero-order valence-electron chi connectivity index (χ0n) is 19.3. The molecule has 0 spiro atoms. The Morgan fingerprint density at radius 1 is 1.00 bits per heavy atom. The monoisotopic (exact) mass is 447 g/mol. The lowest BCUT2D eigenvalue weighted by atomic mass is 9.86. The standard InChI is InChI=1S/C27H30N2O2S/c1-18-13-19(2)15-23(14-18)28-26(32)24(29-12-6-7-20(16-29)17-30)25(31)21-8-10-22(11-9-21)27(3,4)5/h6-16,30H,17H2,1-5H3,(H-,28,31,32)/p+1. The van der Waals surface area contributed by atoms with Gasteiger partial charge in [-0.2, -0.15) is 4.57 Å². The fourth-order valence-electron chi connectivity index (χ4n) is 3.61. The third-order valence-electron chi connectivity index (χ3n) is 5.25. The van der Waals surface area contributed by atoms with Crippen molar-refractivity contribution >= 4 is 34.3 Å². The molecule has 1 heterocycles. The van der Waals surface area contributed by atoms with Crippen LogP contribution in [0.3, 0.4) is 0 Å². The first kappa shape index (κ1) is 23.6. The number of thiocarbonyl (C=S) groups is 1. The fraction of sp³-hybridized carbons (Fsp3) is 0.259. The molecule has 0 amide bonds. The van der Waals surface area contributed by atoms with Crippen LogP contribution >= 0.6 is 12.2 Å². The number of aliphatic hydroxyl groups excluding tert-OH is 2. The Kier molecular flexibility index (Phi) is 7.12. The fourth-order valence-corrected chi connectivity index (χ4v) is 3.93. The molecular weight excluding hydrogens is 416 g/mol. The minimum absolute atomic E-state index is 0.0186. The zero-order chi connectivity index (χ0) is 23.5. The SMILES string of the molecule is Cc1cc(C)cc(NC(=S)/C(=C(\O)c2ccc(C(C)(C)C)cc2)[n+]2cccc(CO)c2)c1. The summed E-state index contributed by atoms with van der Waals surface area (Å²) in [4.78, 5) is 0.382. The molecule has 0 aliphatic rings. The molecule has 0 bridgehead atoms. The van der Waals surface area contributed by atoms with Crippen LogP contribution in [0.25, 0.3) is 11.5 Å². The Morgan fingerprint density at radius 3 is 2.19 bits per heavy atom. The van der Waals surface area contributed by atoms with E-state index in [2.05, 4.69) is 32.2 Å². The van der Waals surface area contributed by atoms with Crippen LogP contribution in [0.15, 0.2) is 67.0 Å². The van der Waals surface area contributed by atoms with Crippen molar-refractivity contribution in [2.75, 3.05) is 5.32 Å². The van der Waals surface area contributed by atoms with Crippen LogP contribution in [0.4, 0.5) is 5.69 Å². The number of aliphatic hydroxyl groups is 2.